The summed E-state index contributed by atoms with van der Waals surface area (Å²) < 4.78 is 10.6. The molecule has 1 heterocycles. The van der Waals surface area contributed by atoms with Crippen LogP contribution >= 0.6 is 24.0 Å². The van der Waals surface area contributed by atoms with Gasteiger partial charge in [0.15, 0.2) is 5.96 Å². The fourth-order valence-corrected chi connectivity index (χ4v) is 3.74. The van der Waals surface area contributed by atoms with Crippen LogP contribution in [0.3, 0.4) is 0 Å². The van der Waals surface area contributed by atoms with Crippen LogP contribution in [-0.4, -0.2) is 75.4 Å². The van der Waals surface area contributed by atoms with Gasteiger partial charge in [-0.3, -0.25) is 9.79 Å². The average Bonchev–Trinajstić information content (AvgIpc) is 2.60. The van der Waals surface area contributed by atoms with Crippen molar-refractivity contribution in [2.45, 2.75) is 57.7 Å². The van der Waals surface area contributed by atoms with Gasteiger partial charge in [0.25, 0.3) is 0 Å². The van der Waals surface area contributed by atoms with Gasteiger partial charge < -0.3 is 25.0 Å². The van der Waals surface area contributed by atoms with E-state index in [1.165, 1.54) is 0 Å². The second-order valence-electron chi connectivity index (χ2n) is 7.86. The molecule has 0 aromatic rings. The Bertz CT molecular complexity index is 507. The van der Waals surface area contributed by atoms with Crippen molar-refractivity contribution in [3.63, 3.8) is 0 Å². The first-order valence-corrected chi connectivity index (χ1v) is 9.09. The zero-order valence-electron chi connectivity index (χ0n) is 16.9. The lowest BCUT2D eigenvalue weighted by atomic mass is 9.56. The number of methoxy groups -OCH3 is 2. The molecule has 152 valence electrons. The van der Waals surface area contributed by atoms with Crippen LogP contribution < -0.4 is 10.6 Å². The van der Waals surface area contributed by atoms with Gasteiger partial charge in [0, 0.05) is 51.9 Å². The van der Waals surface area contributed by atoms with Crippen molar-refractivity contribution in [3.05, 3.63) is 0 Å². The molecule has 0 aromatic heterocycles. The molecule has 8 heteroatoms. The highest BCUT2D eigenvalue weighted by Crippen LogP contribution is 2.51. The number of hydrogen-bond donors (Lipinski definition) is 2. The minimum atomic E-state index is -0.101. The third-order valence-corrected chi connectivity index (χ3v) is 6.27. The number of piperidine rings is 1. The maximum Gasteiger partial charge on any atom is 0.248 e. The predicted octanol–water partition coefficient (Wildman–Crippen LogP) is 1.61. The molecule has 0 spiro atoms. The summed E-state index contributed by atoms with van der Waals surface area (Å²) in [5, 5.41) is 7.05. The number of likely N-dealkylation sites (tertiary alicyclic amines) is 1. The van der Waals surface area contributed by atoms with Crippen molar-refractivity contribution in [2.24, 2.45) is 10.4 Å². The van der Waals surface area contributed by atoms with E-state index < -0.39 is 0 Å². The van der Waals surface area contributed by atoms with Gasteiger partial charge in [0.05, 0.1) is 5.60 Å². The molecule has 2 N–H and O–H groups in total. The van der Waals surface area contributed by atoms with Crippen molar-refractivity contribution in [2.75, 3.05) is 41.0 Å². The van der Waals surface area contributed by atoms with E-state index in [-0.39, 0.29) is 47.5 Å². The summed E-state index contributed by atoms with van der Waals surface area (Å²) in [6, 6.07) is 0.654. The van der Waals surface area contributed by atoms with Gasteiger partial charge in [-0.15, -0.1) is 24.0 Å². The first kappa shape index (κ1) is 23.4. The van der Waals surface area contributed by atoms with Crippen molar-refractivity contribution in [3.8, 4) is 0 Å². The molecule has 2 unspecified atom stereocenters. The normalized spacial score (nSPS) is 28.8. The molecule has 26 heavy (non-hydrogen) atoms. The third kappa shape index (κ3) is 4.81. The number of hydrogen-bond acceptors (Lipinski definition) is 4. The van der Waals surface area contributed by atoms with E-state index in [0.29, 0.717) is 12.1 Å². The number of carbonyl (C=O) groups excluding carboxylic acids is 1. The van der Waals surface area contributed by atoms with Gasteiger partial charge in [-0.2, -0.15) is 0 Å². The molecule has 1 amide bonds. The first-order valence-electron chi connectivity index (χ1n) is 9.09. The Morgan fingerprint density at radius 1 is 1.19 bits per heavy atom. The van der Waals surface area contributed by atoms with Crippen LogP contribution in [-0.2, 0) is 14.3 Å². The topological polar surface area (TPSA) is 75.2 Å². The van der Waals surface area contributed by atoms with E-state index >= 15 is 0 Å². The Kier molecular flexibility index (Phi) is 8.60. The number of halogens is 1. The van der Waals surface area contributed by atoms with Crippen LogP contribution in [0.4, 0.5) is 0 Å². The van der Waals surface area contributed by atoms with Gasteiger partial charge in [0.1, 0.15) is 6.61 Å². The fraction of sp³-hybridized carbons (Fsp3) is 0.889. The van der Waals surface area contributed by atoms with Crippen molar-refractivity contribution in [1.29, 1.82) is 0 Å². The molecule has 0 aromatic carbocycles. The SMILES string of the molecule is CN=C(NC1CCN(C(=O)COC)CC1)NC1CC(C)(OC)C1(C)C.I. The average molecular weight is 482 g/mol. The molecule has 1 aliphatic heterocycles. The zero-order chi connectivity index (χ0) is 18.7. The fourth-order valence-electron chi connectivity index (χ4n) is 3.74. The summed E-state index contributed by atoms with van der Waals surface area (Å²) in [6.07, 6.45) is 2.79. The summed E-state index contributed by atoms with van der Waals surface area (Å²) in [5.41, 5.74) is -0.0636. The van der Waals surface area contributed by atoms with Gasteiger partial charge in [-0.25, -0.2) is 0 Å². The lowest BCUT2D eigenvalue weighted by Gasteiger charge is -2.59. The van der Waals surface area contributed by atoms with E-state index in [0.717, 1.165) is 38.3 Å². The number of ether oxygens (including phenoxy) is 2. The minimum Gasteiger partial charge on any atom is -0.378 e. The van der Waals surface area contributed by atoms with E-state index in [4.69, 9.17) is 9.47 Å². The summed E-state index contributed by atoms with van der Waals surface area (Å²) in [5.74, 6) is 0.899. The number of rotatable bonds is 5. The highest BCUT2D eigenvalue weighted by Gasteiger charge is 2.58. The monoisotopic (exact) mass is 482 g/mol. The highest BCUT2D eigenvalue weighted by molar-refractivity contribution is 14.0. The summed E-state index contributed by atoms with van der Waals surface area (Å²) in [6.45, 7) is 8.29. The van der Waals surface area contributed by atoms with E-state index in [9.17, 15) is 4.79 Å². The number of aliphatic imine (C=N–C) groups is 1. The maximum absolute atomic E-state index is 11.9. The van der Waals surface area contributed by atoms with Crippen molar-refractivity contribution in [1.82, 2.24) is 15.5 Å². The van der Waals surface area contributed by atoms with E-state index in [1.807, 2.05) is 4.90 Å². The molecule has 2 fully saturated rings. The number of nitrogens with zero attached hydrogens (tertiary/aromatic N) is 2. The Labute approximate surface area is 174 Å². The molecular formula is C18H35IN4O3. The van der Waals surface area contributed by atoms with Crippen LogP contribution in [0.15, 0.2) is 4.99 Å². The Morgan fingerprint density at radius 2 is 1.81 bits per heavy atom. The quantitative estimate of drug-likeness (QED) is 0.354. The van der Waals surface area contributed by atoms with Crippen LogP contribution in [0.25, 0.3) is 0 Å². The summed E-state index contributed by atoms with van der Waals surface area (Å²) >= 11 is 0. The minimum absolute atomic E-state index is 0. The molecule has 2 rings (SSSR count). The van der Waals surface area contributed by atoms with Crippen molar-refractivity contribution < 1.29 is 14.3 Å². The molecule has 1 saturated heterocycles. The number of nitrogens with one attached hydrogen (secondary N) is 2. The Balaban J connectivity index is 0.00000338. The molecule has 2 aliphatic rings. The molecule has 0 radical (unpaired) electrons. The largest absolute Gasteiger partial charge is 0.378 e. The maximum atomic E-state index is 11.9. The molecule has 7 nitrogen and oxygen atoms in total. The van der Waals surface area contributed by atoms with Crippen LogP contribution in [0.5, 0.6) is 0 Å². The summed E-state index contributed by atoms with van der Waals surface area (Å²) in [4.78, 5) is 18.1. The van der Waals surface area contributed by atoms with Gasteiger partial charge in [0.2, 0.25) is 5.91 Å². The third-order valence-electron chi connectivity index (χ3n) is 6.27. The second kappa shape index (κ2) is 9.54. The summed E-state index contributed by atoms with van der Waals surface area (Å²) in [7, 11) is 5.13. The standard InChI is InChI=1S/C18H34N4O3.HI/c1-17(2)14(11-18(17,3)25-6)21-16(19-4)20-13-7-9-22(10-8-13)15(23)12-24-5;/h13-14H,7-12H2,1-6H3,(H2,19,20,21);1H. The van der Waals surface area contributed by atoms with Crippen molar-refractivity contribution >= 4 is 35.8 Å². The predicted molar refractivity (Wildman–Crippen MR) is 114 cm³/mol. The highest BCUT2D eigenvalue weighted by atomic mass is 127. The van der Waals surface area contributed by atoms with Gasteiger partial charge in [-0.05, 0) is 26.2 Å². The molecule has 2 atom stereocenters. The Morgan fingerprint density at radius 3 is 2.27 bits per heavy atom. The van der Waals surface area contributed by atoms with Gasteiger partial charge in [-0.1, -0.05) is 13.8 Å². The lowest BCUT2D eigenvalue weighted by Crippen LogP contribution is -2.69. The van der Waals surface area contributed by atoms with E-state index in [1.54, 1.807) is 21.3 Å². The zero-order valence-corrected chi connectivity index (χ0v) is 19.3. The van der Waals surface area contributed by atoms with Gasteiger partial charge >= 0.3 is 0 Å². The van der Waals surface area contributed by atoms with Crippen LogP contribution in [0.2, 0.25) is 0 Å². The van der Waals surface area contributed by atoms with Crippen LogP contribution in [0.1, 0.15) is 40.0 Å². The smallest absolute Gasteiger partial charge is 0.248 e. The van der Waals surface area contributed by atoms with Crippen LogP contribution in [0, 0.1) is 5.41 Å². The van der Waals surface area contributed by atoms with E-state index in [2.05, 4.69) is 36.4 Å². The number of amides is 1. The lowest BCUT2D eigenvalue weighted by molar-refractivity contribution is -0.176. The number of carbonyl (C=O) groups is 1. The Hall–Kier alpha value is -0.610. The number of guanidine groups is 1. The second-order valence-corrected chi connectivity index (χ2v) is 7.86. The first-order chi connectivity index (χ1) is 11.8. The molecular weight excluding hydrogens is 447 g/mol. The molecule has 0 bridgehead atoms. The molecule has 1 aliphatic carbocycles. The molecule has 1 saturated carbocycles.